The fourth-order valence-corrected chi connectivity index (χ4v) is 1.64. The number of esters is 1. The molecular weight excluding hydrogens is 296 g/mol. The van der Waals surface area contributed by atoms with Crippen LogP contribution < -0.4 is 11.2 Å². The predicted octanol–water partition coefficient (Wildman–Crippen LogP) is 3.63. The number of anilines is 2. The Morgan fingerprint density at radius 2 is 1.83 bits per heavy atom. The molecule has 6 heteroatoms. The van der Waals surface area contributed by atoms with Crippen molar-refractivity contribution in [1.82, 2.24) is 0 Å². The fourth-order valence-electron chi connectivity index (χ4n) is 1.64. The molecule has 126 valence electrons. The van der Waals surface area contributed by atoms with E-state index in [1.54, 1.807) is 55.5 Å². The van der Waals surface area contributed by atoms with Gasteiger partial charge in [0.15, 0.2) is 5.78 Å². The van der Waals surface area contributed by atoms with Crippen molar-refractivity contribution in [1.29, 1.82) is 0 Å². The van der Waals surface area contributed by atoms with Crippen molar-refractivity contribution < 1.29 is 22.4 Å². The van der Waals surface area contributed by atoms with Crippen LogP contribution in [-0.2, 0) is 4.74 Å². The maximum atomic E-state index is 11.1. The van der Waals surface area contributed by atoms with Gasteiger partial charge in [-0.15, -0.1) is 0 Å². The summed E-state index contributed by atoms with van der Waals surface area (Å²) in [5, 5.41) is 8.48. The molecule has 2 aromatic carbocycles. The van der Waals surface area contributed by atoms with E-state index in [2.05, 4.69) is 0 Å². The molecule has 0 amide bonds. The number of hydrogen-bond acceptors (Lipinski definition) is 6. The standard InChI is InChI=1S/C9H11NO2.C8H9NO2.2H2/c1-2-12-9(11)7-3-5-8(10)6-4-7;1-6(10)7-3-2-4-8(5-7)9-11;;/h3-6H,2,10H2,1H3;2-5,9,11H,1H3;2*1H. The largest absolute Gasteiger partial charge is 0.462 e. The first-order valence-electron chi connectivity index (χ1n) is 7.01. The minimum atomic E-state index is -0.308. The number of ether oxygens (including phenoxy) is 1. The molecule has 0 fully saturated rings. The number of rotatable bonds is 4. The molecule has 0 aliphatic rings. The molecule has 0 aromatic heterocycles. The van der Waals surface area contributed by atoms with Crippen LogP contribution in [0.3, 0.4) is 0 Å². The van der Waals surface area contributed by atoms with Crippen molar-refractivity contribution >= 4 is 23.1 Å². The van der Waals surface area contributed by atoms with Gasteiger partial charge < -0.3 is 10.5 Å². The van der Waals surface area contributed by atoms with Gasteiger partial charge in [-0.1, -0.05) is 12.1 Å². The maximum Gasteiger partial charge on any atom is 0.338 e. The molecule has 0 atom stereocenters. The van der Waals surface area contributed by atoms with Crippen LogP contribution in [0.4, 0.5) is 11.4 Å². The molecule has 0 spiro atoms. The molecule has 2 rings (SSSR count). The molecule has 6 nitrogen and oxygen atoms in total. The molecular formula is C17H24N2O4. The molecule has 0 radical (unpaired) electrons. The highest BCUT2D eigenvalue weighted by Gasteiger charge is 2.03. The van der Waals surface area contributed by atoms with Gasteiger partial charge in [-0.25, -0.2) is 4.79 Å². The summed E-state index contributed by atoms with van der Waals surface area (Å²) in [7, 11) is 0. The number of carbonyl (C=O) groups is 2. The number of nitrogens with one attached hydrogen (secondary N) is 1. The number of benzene rings is 2. The van der Waals surface area contributed by atoms with Crippen molar-refractivity contribution in [3.63, 3.8) is 0 Å². The zero-order valence-electron chi connectivity index (χ0n) is 13.1. The fraction of sp³-hybridized carbons (Fsp3) is 0.176. The van der Waals surface area contributed by atoms with Gasteiger partial charge in [0, 0.05) is 14.1 Å². The third-order valence-corrected chi connectivity index (χ3v) is 2.82. The number of hydrogen-bond donors (Lipinski definition) is 3. The molecule has 0 heterocycles. The summed E-state index contributed by atoms with van der Waals surface area (Å²) >= 11 is 0. The van der Waals surface area contributed by atoms with Crippen molar-refractivity contribution in [3.05, 3.63) is 59.7 Å². The Morgan fingerprint density at radius 1 is 1.17 bits per heavy atom. The summed E-state index contributed by atoms with van der Waals surface area (Å²) in [6.45, 7) is 3.65. The first-order chi connectivity index (χ1) is 11.0. The number of Topliss-reactive ketones (excluding diaryl/α,β-unsaturated/α-hetero) is 1. The molecule has 0 saturated heterocycles. The van der Waals surface area contributed by atoms with Crippen molar-refractivity contribution in [3.8, 4) is 0 Å². The Balaban J connectivity index is 0. The molecule has 2 aromatic rings. The Morgan fingerprint density at radius 3 is 2.35 bits per heavy atom. The van der Waals surface area contributed by atoms with Gasteiger partial charge in [0.25, 0.3) is 0 Å². The Kier molecular flexibility index (Phi) is 7.29. The Bertz CT molecular complexity index is 664. The van der Waals surface area contributed by atoms with Crippen LogP contribution in [0.25, 0.3) is 0 Å². The minimum absolute atomic E-state index is 0. The van der Waals surface area contributed by atoms with E-state index in [4.69, 9.17) is 15.7 Å². The third kappa shape index (κ3) is 6.19. The second-order valence-electron chi connectivity index (χ2n) is 4.59. The second-order valence-corrected chi connectivity index (χ2v) is 4.59. The zero-order valence-corrected chi connectivity index (χ0v) is 13.1. The quantitative estimate of drug-likeness (QED) is 0.344. The van der Waals surface area contributed by atoms with Crippen LogP contribution in [-0.4, -0.2) is 23.6 Å². The second kappa shape index (κ2) is 9.22. The van der Waals surface area contributed by atoms with Gasteiger partial charge in [0.2, 0.25) is 0 Å². The van der Waals surface area contributed by atoms with E-state index in [1.807, 2.05) is 5.48 Å². The molecule has 23 heavy (non-hydrogen) atoms. The van der Waals surface area contributed by atoms with E-state index in [0.29, 0.717) is 29.1 Å². The van der Waals surface area contributed by atoms with Gasteiger partial charge in [0.05, 0.1) is 17.9 Å². The van der Waals surface area contributed by atoms with Crippen LogP contribution in [0.2, 0.25) is 0 Å². The lowest BCUT2D eigenvalue weighted by molar-refractivity contribution is 0.0526. The Hall–Kier alpha value is -2.86. The summed E-state index contributed by atoms with van der Waals surface area (Å²) in [4.78, 5) is 21.9. The normalized spacial score (nSPS) is 9.35. The number of nitrogens with two attached hydrogens (primary N) is 1. The maximum absolute atomic E-state index is 11.1. The van der Waals surface area contributed by atoms with E-state index in [-0.39, 0.29) is 14.6 Å². The first-order valence-corrected chi connectivity index (χ1v) is 7.01. The van der Waals surface area contributed by atoms with Crippen LogP contribution in [0.15, 0.2) is 48.5 Å². The summed E-state index contributed by atoms with van der Waals surface area (Å²) in [6, 6.07) is 13.3. The van der Waals surface area contributed by atoms with Gasteiger partial charge in [-0.05, 0) is 50.2 Å². The summed E-state index contributed by atoms with van der Waals surface area (Å²) in [6.07, 6.45) is 0. The lowest BCUT2D eigenvalue weighted by Gasteiger charge is -2.00. The van der Waals surface area contributed by atoms with Gasteiger partial charge in [0.1, 0.15) is 0 Å². The highest BCUT2D eigenvalue weighted by atomic mass is 16.5. The molecule has 0 unspecified atom stereocenters. The minimum Gasteiger partial charge on any atom is -0.462 e. The highest BCUT2D eigenvalue weighted by molar-refractivity contribution is 5.94. The van der Waals surface area contributed by atoms with Crippen molar-refractivity contribution in [2.24, 2.45) is 0 Å². The number of nitrogen functional groups attached to an aromatic ring is 1. The third-order valence-electron chi connectivity index (χ3n) is 2.82. The smallest absolute Gasteiger partial charge is 0.338 e. The van der Waals surface area contributed by atoms with Gasteiger partial charge in [-0.2, -0.15) is 0 Å². The number of ketones is 1. The lowest BCUT2D eigenvalue weighted by atomic mass is 10.1. The average molecular weight is 320 g/mol. The van der Waals surface area contributed by atoms with Crippen LogP contribution in [0.5, 0.6) is 0 Å². The van der Waals surface area contributed by atoms with E-state index >= 15 is 0 Å². The van der Waals surface area contributed by atoms with Crippen LogP contribution in [0.1, 0.15) is 37.4 Å². The number of carbonyl (C=O) groups excluding carboxylic acids is 2. The predicted molar refractivity (Wildman–Crippen MR) is 92.9 cm³/mol. The molecule has 0 bridgehead atoms. The van der Waals surface area contributed by atoms with E-state index in [9.17, 15) is 9.59 Å². The topological polar surface area (TPSA) is 102 Å². The Labute approximate surface area is 137 Å². The van der Waals surface area contributed by atoms with Crippen molar-refractivity contribution in [2.75, 3.05) is 17.8 Å². The van der Waals surface area contributed by atoms with Gasteiger partial charge in [-0.3, -0.25) is 15.5 Å². The average Bonchev–Trinajstić information content (AvgIpc) is 2.56. The van der Waals surface area contributed by atoms with E-state index < -0.39 is 0 Å². The monoisotopic (exact) mass is 320 g/mol. The van der Waals surface area contributed by atoms with Crippen LogP contribution >= 0.6 is 0 Å². The summed E-state index contributed by atoms with van der Waals surface area (Å²) in [5.74, 6) is -0.320. The molecule has 0 aliphatic heterocycles. The lowest BCUT2D eigenvalue weighted by Crippen LogP contribution is -2.04. The SMILES string of the molecule is CC(=O)c1cccc(NO)c1.CCOC(=O)c1ccc(N)cc1.[HH].[HH]. The highest BCUT2D eigenvalue weighted by Crippen LogP contribution is 2.09. The molecule has 0 saturated carbocycles. The van der Waals surface area contributed by atoms with Crippen molar-refractivity contribution in [2.45, 2.75) is 13.8 Å². The van der Waals surface area contributed by atoms with Crippen LogP contribution in [0, 0.1) is 0 Å². The van der Waals surface area contributed by atoms with Gasteiger partial charge >= 0.3 is 5.97 Å². The van der Waals surface area contributed by atoms with E-state index in [0.717, 1.165) is 0 Å². The van der Waals surface area contributed by atoms with E-state index in [1.165, 1.54) is 6.92 Å². The molecule has 0 aliphatic carbocycles. The zero-order chi connectivity index (χ0) is 17.2. The summed E-state index contributed by atoms with van der Waals surface area (Å²) < 4.78 is 4.79. The summed E-state index contributed by atoms with van der Waals surface area (Å²) in [5.41, 5.74) is 9.71. The molecule has 4 N–H and O–H groups in total. The first kappa shape index (κ1) is 18.2.